The van der Waals surface area contributed by atoms with Gasteiger partial charge in [-0.05, 0) is 23.8 Å². The normalized spacial score (nSPS) is 13.5. The van der Waals surface area contributed by atoms with Gasteiger partial charge in [0, 0.05) is 16.8 Å². The second kappa shape index (κ2) is 6.73. The summed E-state index contributed by atoms with van der Waals surface area (Å²) in [5.41, 5.74) is 2.54. The van der Waals surface area contributed by atoms with Gasteiger partial charge in [-0.15, -0.1) is 0 Å². The molecule has 0 aliphatic rings. The molecule has 2 aromatic carbocycles. The Morgan fingerprint density at radius 3 is 2.18 bits per heavy atom. The lowest BCUT2D eigenvalue weighted by atomic mass is 9.86. The van der Waals surface area contributed by atoms with Gasteiger partial charge in [0.2, 0.25) is 0 Å². The maximum Gasteiger partial charge on any atom is 0.0928 e. The van der Waals surface area contributed by atoms with Crippen molar-refractivity contribution < 1.29 is 5.11 Å². The Labute approximate surface area is 135 Å². The van der Waals surface area contributed by atoms with Gasteiger partial charge in [0.15, 0.2) is 0 Å². The number of rotatable bonds is 4. The fraction of sp³-hybridized carbons (Fsp3) is 0.105. The van der Waals surface area contributed by atoms with Gasteiger partial charge in [-0.25, -0.2) is 0 Å². The summed E-state index contributed by atoms with van der Waals surface area (Å²) in [5.74, 6) is -0.262. The zero-order chi connectivity index (χ0) is 15.4. The molecule has 0 unspecified atom stereocenters. The molecule has 2 nitrogen and oxygen atoms in total. The number of halogens is 1. The van der Waals surface area contributed by atoms with E-state index in [4.69, 9.17) is 11.6 Å². The van der Waals surface area contributed by atoms with Crippen LogP contribution in [0.4, 0.5) is 0 Å². The van der Waals surface area contributed by atoms with Crippen LogP contribution in [0.3, 0.4) is 0 Å². The van der Waals surface area contributed by atoms with Crippen molar-refractivity contribution in [1.29, 1.82) is 0 Å². The molecule has 0 fully saturated rings. The highest BCUT2D eigenvalue weighted by Crippen LogP contribution is 2.38. The first-order valence-corrected chi connectivity index (χ1v) is 7.53. The quantitative estimate of drug-likeness (QED) is 0.764. The van der Waals surface area contributed by atoms with Crippen molar-refractivity contribution in [3.05, 3.63) is 101 Å². The molecule has 2 atom stereocenters. The van der Waals surface area contributed by atoms with Gasteiger partial charge in [0.25, 0.3) is 0 Å². The average molecular weight is 310 g/mol. The Hall–Kier alpha value is -2.16. The molecule has 1 N–H and O–H groups in total. The Morgan fingerprint density at radius 2 is 1.50 bits per heavy atom. The first kappa shape index (κ1) is 14.8. The van der Waals surface area contributed by atoms with Crippen LogP contribution >= 0.6 is 11.6 Å². The predicted molar refractivity (Wildman–Crippen MR) is 88.9 cm³/mol. The molecule has 1 heterocycles. The molecule has 0 saturated heterocycles. The molecule has 3 aromatic rings. The van der Waals surface area contributed by atoms with Crippen LogP contribution in [-0.2, 0) is 0 Å². The molecular weight excluding hydrogens is 294 g/mol. The number of nitrogens with zero attached hydrogens (tertiary/aromatic N) is 1. The largest absolute Gasteiger partial charge is 0.387 e. The van der Waals surface area contributed by atoms with Gasteiger partial charge in [-0.1, -0.05) is 66.2 Å². The second-order valence-corrected chi connectivity index (χ2v) is 5.52. The van der Waals surface area contributed by atoms with E-state index >= 15 is 0 Å². The first-order valence-electron chi connectivity index (χ1n) is 7.16. The van der Waals surface area contributed by atoms with E-state index in [1.807, 2.05) is 66.7 Å². The average Bonchev–Trinajstić information content (AvgIpc) is 2.57. The fourth-order valence-corrected chi connectivity index (χ4v) is 2.88. The Bertz CT molecular complexity index is 691. The van der Waals surface area contributed by atoms with Gasteiger partial charge in [-0.3, -0.25) is 4.98 Å². The minimum atomic E-state index is -0.758. The molecule has 0 radical (unpaired) electrons. The van der Waals surface area contributed by atoms with Crippen LogP contribution in [0.25, 0.3) is 0 Å². The van der Waals surface area contributed by atoms with E-state index < -0.39 is 6.10 Å². The van der Waals surface area contributed by atoms with E-state index in [2.05, 4.69) is 4.98 Å². The molecule has 0 aliphatic carbocycles. The number of aliphatic hydroxyl groups is 1. The molecule has 3 heteroatoms. The van der Waals surface area contributed by atoms with Crippen molar-refractivity contribution in [3.63, 3.8) is 0 Å². The van der Waals surface area contributed by atoms with Crippen LogP contribution in [-0.4, -0.2) is 10.1 Å². The molecule has 0 amide bonds. The summed E-state index contributed by atoms with van der Waals surface area (Å²) < 4.78 is 0. The molecule has 0 saturated carbocycles. The third-order valence-corrected chi connectivity index (χ3v) is 4.05. The molecule has 110 valence electrons. The van der Waals surface area contributed by atoms with Crippen molar-refractivity contribution >= 4 is 11.6 Å². The summed E-state index contributed by atoms with van der Waals surface area (Å²) in [7, 11) is 0. The van der Waals surface area contributed by atoms with E-state index in [-0.39, 0.29) is 5.92 Å². The SMILES string of the molecule is O[C@@H](c1ccccc1Cl)[C@H](c1ccccc1)c1ccccn1. The number of benzene rings is 2. The van der Waals surface area contributed by atoms with Crippen LogP contribution in [0.2, 0.25) is 5.02 Å². The van der Waals surface area contributed by atoms with Crippen molar-refractivity contribution in [3.8, 4) is 0 Å². The molecule has 0 spiro atoms. The monoisotopic (exact) mass is 309 g/mol. The van der Waals surface area contributed by atoms with Crippen LogP contribution < -0.4 is 0 Å². The van der Waals surface area contributed by atoms with E-state index in [0.29, 0.717) is 10.6 Å². The summed E-state index contributed by atoms with van der Waals surface area (Å²) in [6.07, 6.45) is 0.982. The van der Waals surface area contributed by atoms with E-state index in [1.165, 1.54) is 0 Å². The van der Waals surface area contributed by atoms with Crippen molar-refractivity contribution in [2.45, 2.75) is 12.0 Å². The molecule has 22 heavy (non-hydrogen) atoms. The fourth-order valence-electron chi connectivity index (χ4n) is 2.63. The van der Waals surface area contributed by atoms with Gasteiger partial charge < -0.3 is 5.11 Å². The third-order valence-electron chi connectivity index (χ3n) is 3.70. The summed E-state index contributed by atoms with van der Waals surface area (Å²) >= 11 is 6.26. The molecule has 3 rings (SSSR count). The molecule has 0 bridgehead atoms. The Balaban J connectivity index is 2.08. The summed E-state index contributed by atoms with van der Waals surface area (Å²) in [5, 5.41) is 11.5. The number of aliphatic hydroxyl groups excluding tert-OH is 1. The molecular formula is C19H16ClNO. The smallest absolute Gasteiger partial charge is 0.0928 e. The third kappa shape index (κ3) is 3.03. The summed E-state index contributed by atoms with van der Waals surface area (Å²) in [6.45, 7) is 0. The van der Waals surface area contributed by atoms with E-state index in [0.717, 1.165) is 11.3 Å². The lowest BCUT2D eigenvalue weighted by molar-refractivity contribution is 0.157. The highest BCUT2D eigenvalue weighted by molar-refractivity contribution is 6.31. The lowest BCUT2D eigenvalue weighted by Gasteiger charge is -2.24. The van der Waals surface area contributed by atoms with Crippen LogP contribution in [0.5, 0.6) is 0 Å². The Kier molecular flexibility index (Phi) is 4.52. The van der Waals surface area contributed by atoms with Crippen molar-refractivity contribution in [2.75, 3.05) is 0 Å². The first-order chi connectivity index (χ1) is 10.8. The van der Waals surface area contributed by atoms with Gasteiger partial charge in [0.1, 0.15) is 0 Å². The van der Waals surface area contributed by atoms with Gasteiger partial charge in [-0.2, -0.15) is 0 Å². The zero-order valence-corrected chi connectivity index (χ0v) is 12.7. The van der Waals surface area contributed by atoms with E-state index in [9.17, 15) is 5.11 Å². The highest BCUT2D eigenvalue weighted by atomic mass is 35.5. The second-order valence-electron chi connectivity index (χ2n) is 5.11. The molecule has 1 aromatic heterocycles. The topological polar surface area (TPSA) is 33.1 Å². The van der Waals surface area contributed by atoms with Gasteiger partial charge >= 0.3 is 0 Å². The number of pyridine rings is 1. The summed E-state index contributed by atoms with van der Waals surface area (Å²) in [4.78, 5) is 4.43. The van der Waals surface area contributed by atoms with Crippen LogP contribution in [0, 0.1) is 0 Å². The van der Waals surface area contributed by atoms with Gasteiger partial charge in [0.05, 0.1) is 17.7 Å². The standard InChI is InChI=1S/C19H16ClNO/c20-16-11-5-4-10-15(16)19(22)18(14-8-2-1-3-9-14)17-12-6-7-13-21-17/h1-13,18-19,22H/t18-,19+/m1/s1. The van der Waals surface area contributed by atoms with E-state index in [1.54, 1.807) is 12.3 Å². The van der Waals surface area contributed by atoms with Crippen LogP contribution in [0.1, 0.15) is 28.8 Å². The lowest BCUT2D eigenvalue weighted by Crippen LogP contribution is -2.14. The number of hydrogen-bond acceptors (Lipinski definition) is 2. The van der Waals surface area contributed by atoms with Crippen molar-refractivity contribution in [1.82, 2.24) is 4.98 Å². The molecule has 0 aliphatic heterocycles. The minimum Gasteiger partial charge on any atom is -0.387 e. The highest BCUT2D eigenvalue weighted by Gasteiger charge is 2.26. The Morgan fingerprint density at radius 1 is 0.818 bits per heavy atom. The number of aromatic nitrogens is 1. The zero-order valence-electron chi connectivity index (χ0n) is 11.9. The maximum absolute atomic E-state index is 10.9. The minimum absolute atomic E-state index is 0.262. The van der Waals surface area contributed by atoms with Crippen LogP contribution in [0.15, 0.2) is 79.0 Å². The predicted octanol–water partition coefficient (Wildman–Crippen LogP) is 4.60. The maximum atomic E-state index is 10.9. The summed E-state index contributed by atoms with van der Waals surface area (Å²) in [6, 6.07) is 23.0. The number of hydrogen-bond donors (Lipinski definition) is 1. The van der Waals surface area contributed by atoms with Crippen molar-refractivity contribution in [2.24, 2.45) is 0 Å².